The van der Waals surface area contributed by atoms with Crippen molar-refractivity contribution < 1.29 is 9.21 Å². The van der Waals surface area contributed by atoms with Crippen LogP contribution in [0.2, 0.25) is 5.02 Å². The molecule has 0 radical (unpaired) electrons. The highest BCUT2D eigenvalue weighted by Crippen LogP contribution is 2.24. The fraction of sp³-hybridized carbons (Fsp3) is 0.471. The van der Waals surface area contributed by atoms with E-state index in [4.69, 9.17) is 16.0 Å². The fourth-order valence-corrected chi connectivity index (χ4v) is 3.52. The summed E-state index contributed by atoms with van der Waals surface area (Å²) in [4.78, 5) is 16.6. The molecule has 25 heavy (non-hydrogen) atoms. The van der Waals surface area contributed by atoms with E-state index >= 15 is 0 Å². The number of carbonyl (C=O) groups is 1. The lowest BCUT2D eigenvalue weighted by atomic mass is 10.2. The van der Waals surface area contributed by atoms with Gasteiger partial charge in [0.1, 0.15) is 0 Å². The van der Waals surface area contributed by atoms with Crippen molar-refractivity contribution in [2.75, 3.05) is 38.5 Å². The van der Waals surface area contributed by atoms with Crippen molar-refractivity contribution in [3.8, 4) is 11.5 Å². The number of hydrogen-bond acceptors (Lipinski definition) is 6. The van der Waals surface area contributed by atoms with Crippen molar-refractivity contribution in [2.24, 2.45) is 0 Å². The van der Waals surface area contributed by atoms with E-state index in [9.17, 15) is 4.79 Å². The van der Waals surface area contributed by atoms with E-state index in [1.807, 2.05) is 17.0 Å². The molecule has 1 aliphatic heterocycles. The van der Waals surface area contributed by atoms with Gasteiger partial charge in [-0.1, -0.05) is 30.3 Å². The Labute approximate surface area is 156 Å². The number of rotatable bonds is 6. The van der Waals surface area contributed by atoms with Crippen molar-refractivity contribution in [3.63, 3.8) is 0 Å². The van der Waals surface area contributed by atoms with Gasteiger partial charge in [0.25, 0.3) is 5.22 Å². The predicted octanol–water partition coefficient (Wildman–Crippen LogP) is 3.04. The largest absolute Gasteiger partial charge is 0.411 e. The van der Waals surface area contributed by atoms with Gasteiger partial charge in [0.05, 0.1) is 5.75 Å². The van der Waals surface area contributed by atoms with Crippen molar-refractivity contribution >= 4 is 29.3 Å². The molecule has 2 aromatic rings. The summed E-state index contributed by atoms with van der Waals surface area (Å²) in [5, 5.41) is 9.09. The van der Waals surface area contributed by atoms with Crippen molar-refractivity contribution in [2.45, 2.75) is 18.6 Å². The Kier molecular flexibility index (Phi) is 6.34. The van der Waals surface area contributed by atoms with E-state index in [-0.39, 0.29) is 5.91 Å². The number of amides is 1. The lowest BCUT2D eigenvalue weighted by Gasteiger charge is -2.34. The Bertz CT molecular complexity index is 699. The highest BCUT2D eigenvalue weighted by Gasteiger charge is 2.21. The zero-order valence-corrected chi connectivity index (χ0v) is 15.7. The highest BCUT2D eigenvalue weighted by atomic mass is 35.5. The minimum Gasteiger partial charge on any atom is -0.411 e. The van der Waals surface area contributed by atoms with Crippen molar-refractivity contribution in [3.05, 3.63) is 29.3 Å². The molecule has 1 aromatic carbocycles. The normalized spacial score (nSPS) is 15.5. The van der Waals surface area contributed by atoms with Crippen LogP contribution < -0.4 is 0 Å². The Morgan fingerprint density at radius 2 is 1.92 bits per heavy atom. The van der Waals surface area contributed by atoms with Crippen LogP contribution in [0.15, 0.2) is 33.9 Å². The van der Waals surface area contributed by atoms with E-state index in [2.05, 4.69) is 22.0 Å². The first-order chi connectivity index (χ1) is 12.2. The maximum absolute atomic E-state index is 12.3. The van der Waals surface area contributed by atoms with E-state index in [1.54, 1.807) is 12.1 Å². The monoisotopic (exact) mass is 380 g/mol. The summed E-state index contributed by atoms with van der Waals surface area (Å²) >= 11 is 7.15. The molecule has 0 saturated carbocycles. The fourth-order valence-electron chi connectivity index (χ4n) is 2.73. The van der Waals surface area contributed by atoms with Crippen LogP contribution in [0.3, 0.4) is 0 Å². The van der Waals surface area contributed by atoms with E-state index in [1.165, 1.54) is 11.8 Å². The van der Waals surface area contributed by atoms with Gasteiger partial charge in [-0.3, -0.25) is 9.69 Å². The average molecular weight is 381 g/mol. The second kappa shape index (κ2) is 8.69. The second-order valence-electron chi connectivity index (χ2n) is 5.89. The van der Waals surface area contributed by atoms with Crippen LogP contribution in [-0.2, 0) is 4.79 Å². The lowest BCUT2D eigenvalue weighted by molar-refractivity contribution is -0.130. The Morgan fingerprint density at radius 1 is 1.20 bits per heavy atom. The van der Waals surface area contributed by atoms with E-state index in [0.29, 0.717) is 21.9 Å². The van der Waals surface area contributed by atoms with Crippen LogP contribution in [0.4, 0.5) is 0 Å². The quantitative estimate of drug-likeness (QED) is 0.718. The molecule has 8 heteroatoms. The first-order valence-corrected chi connectivity index (χ1v) is 9.74. The number of halogens is 1. The number of piperazine rings is 1. The molecule has 3 rings (SSSR count). The molecule has 1 saturated heterocycles. The zero-order valence-electron chi connectivity index (χ0n) is 14.2. The van der Waals surface area contributed by atoms with Gasteiger partial charge in [-0.15, -0.1) is 10.2 Å². The Hall–Kier alpha value is -1.57. The molecule has 2 heterocycles. The molecule has 0 atom stereocenters. The van der Waals surface area contributed by atoms with E-state index in [0.717, 1.165) is 44.7 Å². The summed E-state index contributed by atoms with van der Waals surface area (Å²) < 4.78 is 5.61. The van der Waals surface area contributed by atoms with Gasteiger partial charge >= 0.3 is 0 Å². The molecule has 6 nitrogen and oxygen atoms in total. The number of hydrogen-bond donors (Lipinski definition) is 0. The molecule has 0 aliphatic carbocycles. The highest BCUT2D eigenvalue weighted by molar-refractivity contribution is 7.99. The van der Waals surface area contributed by atoms with Crippen molar-refractivity contribution in [1.82, 2.24) is 20.0 Å². The van der Waals surface area contributed by atoms with Gasteiger partial charge in [0.2, 0.25) is 11.8 Å². The Balaban J connectivity index is 1.49. The van der Waals surface area contributed by atoms with Crippen LogP contribution in [-0.4, -0.2) is 64.4 Å². The maximum Gasteiger partial charge on any atom is 0.277 e. The van der Waals surface area contributed by atoms with Crippen LogP contribution >= 0.6 is 23.4 Å². The van der Waals surface area contributed by atoms with Crippen LogP contribution in [0.1, 0.15) is 13.3 Å². The minimum absolute atomic E-state index is 0.118. The Morgan fingerprint density at radius 3 is 2.60 bits per heavy atom. The summed E-state index contributed by atoms with van der Waals surface area (Å²) in [6.45, 7) is 6.76. The third-order valence-corrected chi connectivity index (χ3v) is 5.14. The smallest absolute Gasteiger partial charge is 0.277 e. The van der Waals surface area contributed by atoms with Gasteiger partial charge in [-0.25, -0.2) is 0 Å². The van der Waals surface area contributed by atoms with Crippen LogP contribution in [0, 0.1) is 0 Å². The molecule has 1 aliphatic rings. The maximum atomic E-state index is 12.3. The average Bonchev–Trinajstić information content (AvgIpc) is 3.10. The minimum atomic E-state index is 0.118. The summed E-state index contributed by atoms with van der Waals surface area (Å²) in [5.41, 5.74) is 0.808. The molecule has 1 amide bonds. The molecular formula is C17H21ClN4O2S. The topological polar surface area (TPSA) is 62.5 Å². The summed E-state index contributed by atoms with van der Waals surface area (Å²) in [7, 11) is 0. The molecule has 0 spiro atoms. The number of carbonyl (C=O) groups excluding carboxylic acids is 1. The van der Waals surface area contributed by atoms with Crippen LogP contribution in [0.25, 0.3) is 11.5 Å². The van der Waals surface area contributed by atoms with Gasteiger partial charge in [-0.05, 0) is 37.2 Å². The first-order valence-electron chi connectivity index (χ1n) is 8.38. The summed E-state index contributed by atoms with van der Waals surface area (Å²) in [6.07, 6.45) is 1.15. The van der Waals surface area contributed by atoms with Gasteiger partial charge in [0, 0.05) is 36.8 Å². The summed E-state index contributed by atoms with van der Waals surface area (Å²) in [5.74, 6) is 0.864. The first kappa shape index (κ1) is 18.2. The zero-order chi connectivity index (χ0) is 17.6. The number of benzene rings is 1. The molecule has 0 N–H and O–H groups in total. The number of thioether (sulfide) groups is 1. The molecule has 134 valence electrons. The molecular weight excluding hydrogens is 360 g/mol. The molecule has 1 aromatic heterocycles. The SMILES string of the molecule is CCCN1CCN(C(=O)CSc2nnc(-c3ccc(Cl)cc3)o2)CC1. The van der Waals surface area contributed by atoms with Gasteiger partial charge in [-0.2, -0.15) is 0 Å². The van der Waals surface area contributed by atoms with Crippen LogP contribution in [0.5, 0.6) is 0 Å². The standard InChI is InChI=1S/C17H21ClN4O2S/c1-2-7-21-8-10-22(11-9-21)15(23)12-25-17-20-19-16(24-17)13-3-5-14(18)6-4-13/h3-6H,2,7-12H2,1H3. The van der Waals surface area contributed by atoms with Gasteiger partial charge in [0.15, 0.2) is 0 Å². The van der Waals surface area contributed by atoms with E-state index < -0.39 is 0 Å². The third-order valence-electron chi connectivity index (χ3n) is 4.08. The molecule has 1 fully saturated rings. The number of aromatic nitrogens is 2. The summed E-state index contributed by atoms with van der Waals surface area (Å²) in [6, 6.07) is 7.20. The van der Waals surface area contributed by atoms with Gasteiger partial charge < -0.3 is 9.32 Å². The number of nitrogens with zero attached hydrogens (tertiary/aromatic N) is 4. The second-order valence-corrected chi connectivity index (χ2v) is 7.25. The van der Waals surface area contributed by atoms with Crippen molar-refractivity contribution in [1.29, 1.82) is 0 Å². The third kappa shape index (κ3) is 4.96. The predicted molar refractivity (Wildman–Crippen MR) is 98.8 cm³/mol. The molecule has 0 unspecified atom stereocenters. The lowest BCUT2D eigenvalue weighted by Crippen LogP contribution is -2.49. The molecule has 0 bridgehead atoms.